The minimum atomic E-state index is -3.69. The molecule has 2 aromatic rings. The highest BCUT2D eigenvalue weighted by atomic mass is 33.1. The van der Waals surface area contributed by atoms with Crippen LogP contribution in [0.1, 0.15) is 21.8 Å². The molecule has 0 bridgehead atoms. The smallest absolute Gasteiger partial charge is 0.292 e. The van der Waals surface area contributed by atoms with Crippen LogP contribution >= 0.6 is 22.1 Å². The van der Waals surface area contributed by atoms with Crippen LogP contribution in [0.3, 0.4) is 0 Å². The molecule has 0 saturated carbocycles. The Morgan fingerprint density at radius 3 is 2.56 bits per heavy atom. The van der Waals surface area contributed by atoms with Gasteiger partial charge in [-0.05, 0) is 23.8 Å². The third kappa shape index (κ3) is 5.09. The Morgan fingerprint density at radius 2 is 1.93 bits per heavy atom. The number of aromatic nitrogens is 1. The summed E-state index contributed by atoms with van der Waals surface area (Å²) < 4.78 is 27.2. The quantitative estimate of drug-likeness (QED) is 0.697. The van der Waals surface area contributed by atoms with Crippen molar-refractivity contribution in [1.29, 1.82) is 0 Å². The summed E-state index contributed by atoms with van der Waals surface area (Å²) in [7, 11) is -1.43. The monoisotopic (exact) mass is 419 g/mol. The van der Waals surface area contributed by atoms with Crippen molar-refractivity contribution in [3.05, 3.63) is 77.4 Å². The van der Waals surface area contributed by atoms with Crippen LogP contribution in [-0.2, 0) is 9.06 Å². The van der Waals surface area contributed by atoms with Gasteiger partial charge in [-0.1, -0.05) is 36.5 Å². The van der Waals surface area contributed by atoms with Gasteiger partial charge in [0, 0.05) is 45.8 Å². The SMILES string of the molecule is CNC(=O)c1ccc(SS(=O)(=O)Nc2nccs2)cc1C1C=CC=CC=C1. The number of hydrogen-bond acceptors (Lipinski definition) is 6. The fourth-order valence-corrected chi connectivity index (χ4v) is 5.85. The second kappa shape index (κ2) is 8.55. The van der Waals surface area contributed by atoms with E-state index in [9.17, 15) is 13.2 Å². The first-order valence-corrected chi connectivity index (χ1v) is 11.7. The minimum absolute atomic E-state index is 0.137. The second-order valence-electron chi connectivity index (χ2n) is 5.49. The number of nitrogens with zero attached hydrogens (tertiary/aromatic N) is 1. The zero-order valence-electron chi connectivity index (χ0n) is 14.3. The molecule has 1 heterocycles. The van der Waals surface area contributed by atoms with E-state index < -0.39 is 9.06 Å². The fraction of sp³-hybridized carbons (Fsp3) is 0.111. The van der Waals surface area contributed by atoms with E-state index >= 15 is 0 Å². The van der Waals surface area contributed by atoms with Gasteiger partial charge >= 0.3 is 0 Å². The van der Waals surface area contributed by atoms with E-state index in [1.165, 1.54) is 17.5 Å². The first-order chi connectivity index (χ1) is 13.0. The lowest BCUT2D eigenvalue weighted by Gasteiger charge is -2.15. The first-order valence-electron chi connectivity index (χ1n) is 7.98. The van der Waals surface area contributed by atoms with E-state index in [0.717, 1.165) is 5.56 Å². The molecule has 1 aromatic heterocycles. The Labute approximate surface area is 165 Å². The predicted molar refractivity (Wildman–Crippen MR) is 111 cm³/mol. The van der Waals surface area contributed by atoms with E-state index in [-0.39, 0.29) is 11.8 Å². The average Bonchev–Trinajstić information content (AvgIpc) is 2.99. The summed E-state index contributed by atoms with van der Waals surface area (Å²) in [4.78, 5) is 16.7. The fourth-order valence-electron chi connectivity index (χ4n) is 2.51. The molecular formula is C18H17N3O3S3. The molecule has 0 radical (unpaired) electrons. The number of anilines is 1. The van der Waals surface area contributed by atoms with Crippen LogP contribution in [0.5, 0.6) is 0 Å². The Hall–Kier alpha value is -2.36. The summed E-state index contributed by atoms with van der Waals surface area (Å²) in [5.74, 6) is -0.355. The van der Waals surface area contributed by atoms with Crippen molar-refractivity contribution in [2.45, 2.75) is 10.8 Å². The second-order valence-corrected chi connectivity index (χ2v) is 9.95. The molecule has 0 unspecified atom stereocenters. The van der Waals surface area contributed by atoms with E-state index in [0.29, 0.717) is 26.4 Å². The van der Waals surface area contributed by atoms with Crippen molar-refractivity contribution in [3.8, 4) is 0 Å². The summed E-state index contributed by atoms with van der Waals surface area (Å²) in [5.41, 5.74) is 1.24. The van der Waals surface area contributed by atoms with Crippen molar-refractivity contribution < 1.29 is 13.2 Å². The largest absolute Gasteiger partial charge is 0.355 e. The van der Waals surface area contributed by atoms with Crippen LogP contribution in [0, 0.1) is 0 Å². The Kier molecular flexibility index (Phi) is 6.15. The molecule has 1 amide bonds. The highest BCUT2D eigenvalue weighted by Gasteiger charge is 2.20. The highest BCUT2D eigenvalue weighted by Crippen LogP contribution is 2.32. The molecule has 3 rings (SSSR count). The van der Waals surface area contributed by atoms with Crippen molar-refractivity contribution in [3.63, 3.8) is 0 Å². The molecule has 0 fully saturated rings. The molecule has 27 heavy (non-hydrogen) atoms. The Bertz CT molecular complexity index is 994. The van der Waals surface area contributed by atoms with Crippen molar-refractivity contribution in [2.24, 2.45) is 0 Å². The third-order valence-corrected chi connectivity index (χ3v) is 7.09. The van der Waals surface area contributed by atoms with Gasteiger partial charge in [0.1, 0.15) is 0 Å². The molecule has 1 aliphatic rings. The summed E-state index contributed by atoms with van der Waals surface area (Å²) in [5, 5.41) is 4.63. The van der Waals surface area contributed by atoms with E-state index in [2.05, 4.69) is 15.0 Å². The first kappa shape index (κ1) is 19.4. The van der Waals surface area contributed by atoms with Crippen LogP contribution in [0.2, 0.25) is 0 Å². The van der Waals surface area contributed by atoms with Crippen LogP contribution in [0.15, 0.2) is 71.1 Å². The lowest BCUT2D eigenvalue weighted by Crippen LogP contribution is -2.20. The maximum absolute atomic E-state index is 12.4. The number of hydrogen-bond donors (Lipinski definition) is 2. The van der Waals surface area contributed by atoms with Crippen LogP contribution < -0.4 is 10.0 Å². The predicted octanol–water partition coefficient (Wildman–Crippen LogP) is 3.72. The van der Waals surface area contributed by atoms with E-state index in [1.807, 2.05) is 36.5 Å². The lowest BCUT2D eigenvalue weighted by molar-refractivity contribution is 0.0962. The van der Waals surface area contributed by atoms with Crippen LogP contribution in [-0.4, -0.2) is 26.4 Å². The average molecular weight is 420 g/mol. The number of benzene rings is 1. The van der Waals surface area contributed by atoms with Gasteiger partial charge in [-0.15, -0.1) is 11.3 Å². The maximum Gasteiger partial charge on any atom is 0.292 e. The molecule has 2 N–H and O–H groups in total. The normalized spacial score (nSPS) is 14.1. The topological polar surface area (TPSA) is 88.2 Å². The molecule has 0 atom stereocenters. The molecule has 0 saturated heterocycles. The van der Waals surface area contributed by atoms with Crippen molar-refractivity contribution in [2.75, 3.05) is 11.8 Å². The van der Waals surface area contributed by atoms with Crippen LogP contribution in [0.4, 0.5) is 5.13 Å². The molecule has 9 heteroatoms. The number of nitrogens with one attached hydrogen (secondary N) is 2. The zero-order valence-corrected chi connectivity index (χ0v) is 16.8. The third-order valence-electron chi connectivity index (χ3n) is 3.67. The standard InChI is InChI=1S/C18H17N3O3S3/c1-19-17(22)15-9-8-14(12-16(15)13-6-4-2-3-5-7-13)26-27(23,24)21-18-20-10-11-25-18/h2-13H,1H3,(H,19,22)(H,20,21). The number of thiazole rings is 1. The highest BCUT2D eigenvalue weighted by molar-refractivity contribution is 8.72. The van der Waals surface area contributed by atoms with Gasteiger partial charge in [-0.2, -0.15) is 8.42 Å². The molecule has 1 aromatic carbocycles. The van der Waals surface area contributed by atoms with Gasteiger partial charge in [0.05, 0.1) is 0 Å². The van der Waals surface area contributed by atoms with Gasteiger partial charge in [0.2, 0.25) is 0 Å². The van der Waals surface area contributed by atoms with Crippen molar-refractivity contribution in [1.82, 2.24) is 10.3 Å². The summed E-state index contributed by atoms with van der Waals surface area (Å²) >= 11 is 1.21. The number of allylic oxidation sites excluding steroid dienone is 6. The number of carbonyl (C=O) groups excluding carboxylic acids is 1. The summed E-state index contributed by atoms with van der Waals surface area (Å²) in [6, 6.07) is 5.01. The maximum atomic E-state index is 12.4. The molecule has 0 aliphatic heterocycles. The number of amides is 1. The lowest BCUT2D eigenvalue weighted by atomic mass is 9.93. The van der Waals surface area contributed by atoms with Gasteiger partial charge in [0.15, 0.2) is 5.13 Å². The summed E-state index contributed by atoms with van der Waals surface area (Å²) in [6.45, 7) is 0. The van der Waals surface area contributed by atoms with Crippen molar-refractivity contribution >= 4 is 42.2 Å². The molecule has 0 spiro atoms. The minimum Gasteiger partial charge on any atom is -0.355 e. The van der Waals surface area contributed by atoms with Gasteiger partial charge in [-0.25, -0.2) is 9.71 Å². The zero-order chi connectivity index (χ0) is 19.3. The Morgan fingerprint density at radius 1 is 1.19 bits per heavy atom. The summed E-state index contributed by atoms with van der Waals surface area (Å²) in [6.07, 6.45) is 13.0. The molecule has 1 aliphatic carbocycles. The van der Waals surface area contributed by atoms with E-state index in [1.54, 1.807) is 30.6 Å². The molecule has 140 valence electrons. The number of carbonyl (C=O) groups is 1. The molecular weight excluding hydrogens is 402 g/mol. The number of rotatable bonds is 6. The van der Waals surface area contributed by atoms with Crippen LogP contribution in [0.25, 0.3) is 0 Å². The van der Waals surface area contributed by atoms with Gasteiger partial charge in [-0.3, -0.25) is 4.79 Å². The van der Waals surface area contributed by atoms with E-state index in [4.69, 9.17) is 0 Å². The Balaban J connectivity index is 1.93. The van der Waals surface area contributed by atoms with Gasteiger partial charge in [0.25, 0.3) is 15.0 Å². The molecule has 6 nitrogen and oxygen atoms in total. The van der Waals surface area contributed by atoms with Gasteiger partial charge < -0.3 is 5.32 Å².